The van der Waals surface area contributed by atoms with Crippen molar-refractivity contribution in [2.75, 3.05) is 57.1 Å². The minimum Gasteiger partial charge on any atom is -0.507 e. The number of nitrogens with zero attached hydrogens (tertiary/aromatic N) is 3. The highest BCUT2D eigenvalue weighted by Gasteiger charge is 2.50. The van der Waals surface area contributed by atoms with Crippen molar-refractivity contribution in [1.82, 2.24) is 9.91 Å². The van der Waals surface area contributed by atoms with Crippen LogP contribution in [-0.4, -0.2) is 138 Å². The van der Waals surface area contributed by atoms with Gasteiger partial charge in [0.1, 0.15) is 23.4 Å². The first-order valence-electron chi connectivity index (χ1n) is 24.8. The highest BCUT2D eigenvalue weighted by molar-refractivity contribution is 7.91. The van der Waals surface area contributed by atoms with E-state index in [-0.39, 0.29) is 54.3 Å². The molecule has 5 bridgehead atoms. The predicted molar refractivity (Wildman–Crippen MR) is 288 cm³/mol. The van der Waals surface area contributed by atoms with Crippen molar-refractivity contribution in [3.63, 3.8) is 0 Å². The molecule has 9 atom stereocenters. The van der Waals surface area contributed by atoms with E-state index in [9.17, 15) is 48.3 Å². The molecule has 4 heterocycles. The van der Waals surface area contributed by atoms with Gasteiger partial charge in [0.15, 0.2) is 5.75 Å². The number of Topliss-reactive ketones (excluding diaryl/α,β-unsaturated/α-hetero) is 1. The van der Waals surface area contributed by atoms with Crippen LogP contribution in [0.25, 0.3) is 10.8 Å². The lowest BCUT2D eigenvalue weighted by atomic mass is 9.78. The van der Waals surface area contributed by atoms with Gasteiger partial charge in [-0.3, -0.25) is 19.4 Å². The summed E-state index contributed by atoms with van der Waals surface area (Å²) in [6.07, 6.45) is 4.86. The Morgan fingerprint density at radius 2 is 1.42 bits per heavy atom. The third kappa shape index (κ3) is 12.2. The number of nitrogens with two attached hydrogens (primary N) is 2. The van der Waals surface area contributed by atoms with Crippen molar-refractivity contribution >= 4 is 61.5 Å². The third-order valence-electron chi connectivity index (χ3n) is 14.2. The number of esters is 1. The fraction of sp³-hybridized carbons (Fsp3) is 0.418. The molecule has 1 saturated heterocycles. The van der Waals surface area contributed by atoms with Crippen LogP contribution in [0.2, 0.25) is 0 Å². The quantitative estimate of drug-likeness (QED) is 0.0360. The number of aliphatic hydroxyl groups is 2. The van der Waals surface area contributed by atoms with E-state index in [0.29, 0.717) is 24.5 Å². The van der Waals surface area contributed by atoms with Crippen LogP contribution in [-0.2, 0) is 33.6 Å². The molecule has 4 aromatic rings. The molecule has 20 nitrogen and oxygen atoms in total. The maximum Gasteiger partial charge on any atom is 0.312 e. The Morgan fingerprint density at radius 1 is 0.842 bits per heavy atom. The number of amides is 1. The fourth-order valence-electron chi connectivity index (χ4n) is 9.35. The molecule has 410 valence electrons. The number of allylic oxidation sites excluding steroid dienone is 2. The van der Waals surface area contributed by atoms with E-state index in [1.54, 1.807) is 69.1 Å². The van der Waals surface area contributed by atoms with E-state index in [0.717, 1.165) is 13.1 Å². The van der Waals surface area contributed by atoms with Crippen LogP contribution < -0.4 is 21.5 Å². The number of aromatic hydroxyl groups is 3. The topological polar surface area (TPSA) is 306 Å². The molecular weight excluding hydrogens is 1000 g/mol. The van der Waals surface area contributed by atoms with Crippen LogP contribution in [0.3, 0.4) is 0 Å². The van der Waals surface area contributed by atoms with Gasteiger partial charge in [0, 0.05) is 98.7 Å². The number of hydrogen-bond donors (Lipinski definition) is 8. The zero-order valence-electron chi connectivity index (χ0n) is 44.3. The Bertz CT molecular complexity index is 2990. The van der Waals surface area contributed by atoms with Crippen molar-refractivity contribution in [2.45, 2.75) is 95.4 Å². The number of carbonyl (C=O) groups excluding carboxylic acids is 3. The molecule has 0 spiro atoms. The van der Waals surface area contributed by atoms with E-state index < -0.39 is 98.6 Å². The summed E-state index contributed by atoms with van der Waals surface area (Å²) in [6, 6.07) is 12.2. The Labute approximate surface area is 442 Å². The Kier molecular flexibility index (Phi) is 18.2. The second kappa shape index (κ2) is 23.8. The van der Waals surface area contributed by atoms with Gasteiger partial charge in [0.25, 0.3) is 11.7 Å². The molecule has 4 aliphatic rings. The van der Waals surface area contributed by atoms with Crippen molar-refractivity contribution in [1.29, 1.82) is 0 Å². The van der Waals surface area contributed by atoms with Gasteiger partial charge in [-0.05, 0) is 75.5 Å². The Hall–Kier alpha value is -7.17. The van der Waals surface area contributed by atoms with Gasteiger partial charge in [-0.15, -0.1) is 0 Å². The molecule has 0 radical (unpaired) electrons. The lowest BCUT2D eigenvalue weighted by Crippen LogP contribution is -2.46. The average molecular weight is 1070 g/mol. The van der Waals surface area contributed by atoms with Gasteiger partial charge in [-0.1, -0.05) is 45.9 Å². The van der Waals surface area contributed by atoms with Gasteiger partial charge >= 0.3 is 11.8 Å². The zero-order chi connectivity index (χ0) is 56.1. The number of sulfone groups is 1. The summed E-state index contributed by atoms with van der Waals surface area (Å²) in [4.78, 5) is 43.1. The molecule has 4 aliphatic heterocycles. The number of phenols is 3. The van der Waals surface area contributed by atoms with Crippen LogP contribution in [0, 0.1) is 30.6 Å². The minimum absolute atomic E-state index is 0.0559. The second-order valence-electron chi connectivity index (χ2n) is 19.8. The van der Waals surface area contributed by atoms with Crippen molar-refractivity contribution in [3.05, 3.63) is 101 Å². The maximum atomic E-state index is 14.4. The smallest absolute Gasteiger partial charge is 0.312 e. The van der Waals surface area contributed by atoms with E-state index in [1.165, 1.54) is 83.7 Å². The Balaban J connectivity index is 0.000000464. The molecule has 10 N–H and O–H groups in total. The first-order valence-corrected chi connectivity index (χ1v) is 26.2. The normalized spacial score (nSPS) is 27.4. The van der Waals surface area contributed by atoms with Gasteiger partial charge in [-0.25, -0.2) is 8.42 Å². The van der Waals surface area contributed by atoms with Gasteiger partial charge in [-0.2, -0.15) is 5.10 Å². The number of nitrogens with one attached hydrogen (secondary N) is 1. The predicted octanol–water partition coefficient (Wildman–Crippen LogP) is 6.02. The largest absolute Gasteiger partial charge is 0.507 e. The molecule has 1 amide bonds. The molecule has 0 aromatic heterocycles. The number of likely N-dealkylation sites (N-methyl/N-ethyl adjacent to an activating group) is 1. The first kappa shape index (κ1) is 58.1. The molecule has 8 rings (SSSR count). The Morgan fingerprint density at radius 3 is 1.97 bits per heavy atom. The molecule has 76 heavy (non-hydrogen) atoms. The summed E-state index contributed by atoms with van der Waals surface area (Å²) >= 11 is 0. The molecule has 1 fully saturated rings. The molecule has 4 aromatic carbocycles. The number of piperazine rings is 1. The number of aliphatic hydroxyl groups excluding tert-OH is 2. The van der Waals surface area contributed by atoms with E-state index in [1.807, 2.05) is 7.05 Å². The summed E-state index contributed by atoms with van der Waals surface area (Å²) in [6.45, 7) is 15.1. The summed E-state index contributed by atoms with van der Waals surface area (Å²) in [5.41, 5.74) is 11.7. The van der Waals surface area contributed by atoms with Gasteiger partial charge in [0.2, 0.25) is 9.84 Å². The number of carbonyl (C=O) groups is 3. The highest BCUT2D eigenvalue weighted by atomic mass is 32.2. The number of rotatable bonds is 6. The highest BCUT2D eigenvalue weighted by Crippen LogP contribution is 2.55. The molecule has 0 unspecified atom stereocenters. The number of nitrogen functional groups attached to an aromatic ring is 2. The molecule has 21 heteroatoms. The maximum absolute atomic E-state index is 14.4. The number of methoxy groups -OCH3 is 1. The van der Waals surface area contributed by atoms with Crippen molar-refractivity contribution in [2.24, 2.45) is 28.8 Å². The number of fused-ring (bicyclic) bond motifs is 14. The van der Waals surface area contributed by atoms with Gasteiger partial charge < -0.3 is 66.2 Å². The molecular formula is C55H70N6O14S. The van der Waals surface area contributed by atoms with Crippen LogP contribution in [0.5, 0.6) is 23.0 Å². The number of hydrogen-bond acceptors (Lipinski definition) is 19. The lowest BCUT2D eigenvalue weighted by Gasteiger charge is -2.38. The van der Waals surface area contributed by atoms with E-state index in [2.05, 4.69) is 15.3 Å². The summed E-state index contributed by atoms with van der Waals surface area (Å²) in [7, 11) is -0.0630. The monoisotopic (exact) mass is 1070 g/mol. The number of phenolic OH excluding ortho intramolecular Hbond substituents is 3. The average Bonchev–Trinajstić information content (AvgIpc) is 3.70. The van der Waals surface area contributed by atoms with Crippen molar-refractivity contribution in [3.8, 4) is 23.0 Å². The van der Waals surface area contributed by atoms with Crippen LogP contribution in [0.1, 0.15) is 70.0 Å². The number of ketones is 1. The van der Waals surface area contributed by atoms with Crippen LogP contribution >= 0.6 is 0 Å². The number of anilines is 3. The number of ether oxygens (including phenoxy) is 4. The summed E-state index contributed by atoms with van der Waals surface area (Å²) in [5, 5.41) is 66.8. The number of benzene rings is 4. The van der Waals surface area contributed by atoms with E-state index in [4.69, 9.17) is 30.4 Å². The summed E-state index contributed by atoms with van der Waals surface area (Å²) in [5.74, 6) is -8.34. The fourth-order valence-corrected chi connectivity index (χ4v) is 10.6. The SMILES string of the molecule is CO[C@H]1/C=C/O[C@@]2(C)Oc3c(C)c(O)c4c(O)c(c(/C=N\N5CCN(C)CC5)c(O)c4c3C2=O)NC(=O)/C(C)=C\C=C\[C@@H](C)[C@H](O)[C@@H](C)[C@H](O)[C@@H](C)[C@H](OC(C)=O)[C@@H]1C.Nc1ccc(S(=O)(=O)c2ccc(N)cc2)cc1. The zero-order valence-corrected chi connectivity index (χ0v) is 45.2. The third-order valence-corrected chi connectivity index (χ3v) is 16.0. The van der Waals surface area contributed by atoms with Crippen molar-refractivity contribution < 1.29 is 67.3 Å². The molecule has 0 saturated carbocycles. The minimum atomic E-state index is -3.48. The standard InChI is InChI=1S/C43H58N4O12.C12H12N2O2S/c1-21-12-11-13-22(2)42(55)45-33-28(20-44-47-17-15-46(9)16-18-47)37(52)30-31(38(33)53)36(51)26(6)40-32(30)41(54)43(8,59-40)57-19-14-29(56-10)23(3)39(58-27(7)48)25(5)35(50)24(4)34(21)49;13-9-1-5-11(6-2-9)17(15,16)12-7-3-10(14)4-8-12/h11-14,19-21,23-25,29,34-35,39,49-53H,15-18H2,1-10H3,(H,45,55);1-8H,13-14H2/b12-11+,19-14+,22-13-,44-20-;/t21-,23-,24-,25-,29+,34+,35+,39-,43+;/m1./s1. The summed E-state index contributed by atoms with van der Waals surface area (Å²) < 4.78 is 47.9. The first-order chi connectivity index (χ1) is 35.7. The molecule has 0 aliphatic carbocycles. The van der Waals surface area contributed by atoms with Gasteiger partial charge in [0.05, 0.1) is 62.8 Å². The lowest BCUT2D eigenvalue weighted by molar-refractivity contribution is -0.160. The number of hydrazone groups is 1. The van der Waals surface area contributed by atoms with E-state index >= 15 is 0 Å². The van der Waals surface area contributed by atoms with Crippen LogP contribution in [0.4, 0.5) is 17.1 Å². The van der Waals surface area contributed by atoms with Crippen LogP contribution in [0.15, 0.2) is 99.6 Å². The second-order valence-corrected chi connectivity index (χ2v) is 21.7.